The molecular weight excluding hydrogens is 252 g/mol. The third-order valence-corrected chi connectivity index (χ3v) is 4.61. The van der Waals surface area contributed by atoms with Crippen LogP contribution in [-0.2, 0) is 9.84 Å². The van der Waals surface area contributed by atoms with Crippen molar-refractivity contribution >= 4 is 15.8 Å². The first-order valence-electron chi connectivity index (χ1n) is 5.56. The largest absolute Gasteiger partial charge is 0.478 e. The van der Waals surface area contributed by atoms with Crippen molar-refractivity contribution in [2.75, 3.05) is 5.75 Å². The van der Waals surface area contributed by atoms with Gasteiger partial charge in [-0.3, -0.25) is 0 Å². The summed E-state index contributed by atoms with van der Waals surface area (Å²) in [6, 6.07) is 4.31. The van der Waals surface area contributed by atoms with Crippen LogP contribution in [0.1, 0.15) is 28.8 Å². The molecule has 0 fully saturated rings. The molecule has 18 heavy (non-hydrogen) atoms. The number of sulfone groups is 1. The Labute approximate surface area is 107 Å². The highest BCUT2D eigenvalue weighted by atomic mass is 32.2. The Balaban J connectivity index is 3.13. The fourth-order valence-electron chi connectivity index (χ4n) is 1.71. The van der Waals surface area contributed by atoms with Gasteiger partial charge in [-0.15, -0.1) is 6.58 Å². The van der Waals surface area contributed by atoms with Crippen LogP contribution in [0, 0.1) is 6.92 Å². The zero-order valence-corrected chi connectivity index (χ0v) is 11.0. The molecule has 0 aliphatic rings. The lowest BCUT2D eigenvalue weighted by Gasteiger charge is -2.09. The molecule has 0 saturated heterocycles. The van der Waals surface area contributed by atoms with Crippen LogP contribution in [0.5, 0.6) is 0 Å². The van der Waals surface area contributed by atoms with Crippen LogP contribution in [0.15, 0.2) is 35.7 Å². The SMILES string of the molecule is C=CCCCS(=O)(=O)c1cccc(C(=O)O)c1C. The maximum atomic E-state index is 12.1. The predicted molar refractivity (Wildman–Crippen MR) is 69.6 cm³/mol. The van der Waals surface area contributed by atoms with Crippen molar-refractivity contribution in [3.8, 4) is 0 Å². The molecule has 0 radical (unpaired) electrons. The number of unbranched alkanes of at least 4 members (excludes halogenated alkanes) is 1. The van der Waals surface area contributed by atoms with E-state index in [1.165, 1.54) is 25.1 Å². The molecule has 4 nitrogen and oxygen atoms in total. The van der Waals surface area contributed by atoms with E-state index >= 15 is 0 Å². The summed E-state index contributed by atoms with van der Waals surface area (Å²) < 4.78 is 24.2. The average molecular weight is 268 g/mol. The Morgan fingerprint density at radius 1 is 1.44 bits per heavy atom. The van der Waals surface area contributed by atoms with Crippen LogP contribution in [0.25, 0.3) is 0 Å². The van der Waals surface area contributed by atoms with Crippen molar-refractivity contribution in [3.63, 3.8) is 0 Å². The van der Waals surface area contributed by atoms with Gasteiger partial charge in [0.25, 0.3) is 0 Å². The van der Waals surface area contributed by atoms with Gasteiger partial charge in [-0.25, -0.2) is 13.2 Å². The van der Waals surface area contributed by atoms with Crippen LogP contribution in [-0.4, -0.2) is 25.2 Å². The highest BCUT2D eigenvalue weighted by Crippen LogP contribution is 2.21. The third kappa shape index (κ3) is 3.20. The van der Waals surface area contributed by atoms with E-state index < -0.39 is 15.8 Å². The first-order chi connectivity index (χ1) is 8.40. The van der Waals surface area contributed by atoms with Crippen LogP contribution >= 0.6 is 0 Å². The number of aromatic carboxylic acids is 1. The van der Waals surface area contributed by atoms with E-state index in [2.05, 4.69) is 6.58 Å². The molecule has 0 aromatic heterocycles. The molecule has 0 spiro atoms. The Morgan fingerprint density at radius 2 is 2.11 bits per heavy atom. The lowest BCUT2D eigenvalue weighted by atomic mass is 10.1. The molecule has 0 bridgehead atoms. The fraction of sp³-hybridized carbons (Fsp3) is 0.308. The summed E-state index contributed by atoms with van der Waals surface area (Å²) in [7, 11) is -3.43. The number of carboxylic acids is 1. The third-order valence-electron chi connectivity index (χ3n) is 2.67. The molecule has 0 heterocycles. The van der Waals surface area contributed by atoms with Crippen molar-refractivity contribution in [2.24, 2.45) is 0 Å². The minimum absolute atomic E-state index is 0.00291. The van der Waals surface area contributed by atoms with E-state index in [1.807, 2.05) is 0 Å². The predicted octanol–water partition coefficient (Wildman–Crippen LogP) is 2.43. The van der Waals surface area contributed by atoms with E-state index in [-0.39, 0.29) is 16.2 Å². The van der Waals surface area contributed by atoms with Crippen molar-refractivity contribution in [2.45, 2.75) is 24.7 Å². The Bertz CT molecular complexity index is 558. The van der Waals surface area contributed by atoms with Crippen LogP contribution in [0.2, 0.25) is 0 Å². The fourth-order valence-corrected chi connectivity index (χ4v) is 3.34. The topological polar surface area (TPSA) is 71.4 Å². The van der Waals surface area contributed by atoms with Crippen molar-refractivity contribution < 1.29 is 18.3 Å². The summed E-state index contributed by atoms with van der Waals surface area (Å²) in [6.07, 6.45) is 2.77. The maximum absolute atomic E-state index is 12.1. The number of carboxylic acid groups (broad SMARTS) is 1. The minimum atomic E-state index is -3.43. The van der Waals surface area contributed by atoms with Gasteiger partial charge in [0.1, 0.15) is 0 Å². The van der Waals surface area contributed by atoms with Gasteiger partial charge >= 0.3 is 5.97 Å². The van der Waals surface area contributed by atoms with Gasteiger partial charge in [0.15, 0.2) is 9.84 Å². The van der Waals surface area contributed by atoms with Crippen LogP contribution in [0.4, 0.5) is 0 Å². The highest BCUT2D eigenvalue weighted by molar-refractivity contribution is 7.91. The first kappa shape index (κ1) is 14.4. The number of carbonyl (C=O) groups is 1. The molecule has 0 atom stereocenters. The monoisotopic (exact) mass is 268 g/mol. The van der Waals surface area contributed by atoms with E-state index in [9.17, 15) is 13.2 Å². The lowest BCUT2D eigenvalue weighted by Crippen LogP contribution is -2.11. The van der Waals surface area contributed by atoms with Gasteiger partial charge in [-0.1, -0.05) is 12.1 Å². The number of hydrogen-bond acceptors (Lipinski definition) is 3. The molecule has 0 saturated carbocycles. The molecule has 1 aromatic rings. The zero-order valence-electron chi connectivity index (χ0n) is 10.2. The summed E-state index contributed by atoms with van der Waals surface area (Å²) in [5.74, 6) is -1.11. The quantitative estimate of drug-likeness (QED) is 0.635. The summed E-state index contributed by atoms with van der Waals surface area (Å²) in [5.41, 5.74) is 0.323. The van der Waals surface area contributed by atoms with Gasteiger partial charge in [0.05, 0.1) is 16.2 Å². The second-order valence-electron chi connectivity index (χ2n) is 3.98. The van der Waals surface area contributed by atoms with Crippen molar-refractivity contribution in [1.29, 1.82) is 0 Å². The average Bonchev–Trinajstić information content (AvgIpc) is 2.28. The standard InChI is InChI=1S/C13H16O4S/c1-3-4-5-9-18(16,17)12-8-6-7-11(10(12)2)13(14)15/h3,6-8H,1,4-5,9H2,2H3,(H,14,15). The molecule has 0 amide bonds. The normalized spacial score (nSPS) is 11.2. The summed E-state index contributed by atoms with van der Waals surface area (Å²) in [5, 5.41) is 8.96. The molecule has 0 aliphatic carbocycles. The first-order valence-corrected chi connectivity index (χ1v) is 7.22. The van der Waals surface area contributed by atoms with E-state index in [0.29, 0.717) is 18.4 Å². The number of allylic oxidation sites excluding steroid dienone is 1. The molecule has 1 rings (SSSR count). The Kier molecular flexibility index (Phi) is 4.67. The van der Waals surface area contributed by atoms with Crippen molar-refractivity contribution in [3.05, 3.63) is 42.0 Å². The van der Waals surface area contributed by atoms with Gasteiger partial charge in [-0.05, 0) is 37.5 Å². The van der Waals surface area contributed by atoms with Gasteiger partial charge in [-0.2, -0.15) is 0 Å². The van der Waals surface area contributed by atoms with Gasteiger partial charge < -0.3 is 5.11 Å². The molecule has 5 heteroatoms. The van der Waals surface area contributed by atoms with Crippen LogP contribution < -0.4 is 0 Å². The second kappa shape index (κ2) is 5.82. The molecule has 0 unspecified atom stereocenters. The molecule has 98 valence electrons. The number of benzene rings is 1. The molecule has 1 N–H and O–H groups in total. The summed E-state index contributed by atoms with van der Waals surface area (Å²) >= 11 is 0. The van der Waals surface area contributed by atoms with E-state index in [4.69, 9.17) is 5.11 Å². The smallest absolute Gasteiger partial charge is 0.335 e. The van der Waals surface area contributed by atoms with E-state index in [1.54, 1.807) is 6.08 Å². The van der Waals surface area contributed by atoms with E-state index in [0.717, 1.165) is 0 Å². The maximum Gasteiger partial charge on any atom is 0.335 e. The van der Waals surface area contributed by atoms with Crippen molar-refractivity contribution in [1.82, 2.24) is 0 Å². The summed E-state index contributed by atoms with van der Waals surface area (Å²) in [6.45, 7) is 5.05. The summed E-state index contributed by atoms with van der Waals surface area (Å²) in [4.78, 5) is 11.1. The lowest BCUT2D eigenvalue weighted by molar-refractivity contribution is 0.0696. The zero-order chi connectivity index (χ0) is 13.8. The molecule has 1 aromatic carbocycles. The van der Waals surface area contributed by atoms with Gasteiger partial charge in [0.2, 0.25) is 0 Å². The Morgan fingerprint density at radius 3 is 2.67 bits per heavy atom. The highest BCUT2D eigenvalue weighted by Gasteiger charge is 2.20. The second-order valence-corrected chi connectivity index (χ2v) is 6.06. The Hall–Kier alpha value is -1.62. The van der Waals surface area contributed by atoms with Crippen LogP contribution in [0.3, 0.4) is 0 Å². The molecule has 0 aliphatic heterocycles. The number of hydrogen-bond donors (Lipinski definition) is 1. The molecular formula is C13H16O4S. The number of rotatable bonds is 6. The minimum Gasteiger partial charge on any atom is -0.478 e. The van der Waals surface area contributed by atoms with Gasteiger partial charge in [0, 0.05) is 0 Å².